The molecular formula is C27H26Cl2N4O3S. The Bertz CT molecular complexity index is 1470. The van der Waals surface area contributed by atoms with Gasteiger partial charge in [-0.1, -0.05) is 35.3 Å². The molecule has 1 aliphatic heterocycles. The third kappa shape index (κ3) is 5.38. The molecule has 0 unspecified atom stereocenters. The van der Waals surface area contributed by atoms with Crippen LogP contribution in [0.15, 0.2) is 59.8 Å². The van der Waals surface area contributed by atoms with Gasteiger partial charge in [0.2, 0.25) is 5.91 Å². The zero-order valence-electron chi connectivity index (χ0n) is 20.1. The lowest BCUT2D eigenvalue weighted by molar-refractivity contribution is 0.0996. The first-order chi connectivity index (χ1) is 17.8. The van der Waals surface area contributed by atoms with Crippen molar-refractivity contribution in [3.63, 3.8) is 0 Å². The van der Waals surface area contributed by atoms with Gasteiger partial charge in [0.25, 0.3) is 0 Å². The average Bonchev–Trinajstić information content (AvgIpc) is 3.30. The lowest BCUT2D eigenvalue weighted by Crippen LogP contribution is -2.34. The van der Waals surface area contributed by atoms with Gasteiger partial charge in [0.15, 0.2) is 0 Å². The van der Waals surface area contributed by atoms with E-state index in [2.05, 4.69) is 22.9 Å². The van der Waals surface area contributed by atoms with Gasteiger partial charge in [-0.15, -0.1) is 12.6 Å². The van der Waals surface area contributed by atoms with Crippen LogP contribution in [0.25, 0.3) is 16.7 Å². The van der Waals surface area contributed by atoms with Gasteiger partial charge in [0.05, 0.1) is 32.2 Å². The number of carbonyl (C=O) groups excluding carboxylic acids is 1. The Morgan fingerprint density at radius 1 is 1.16 bits per heavy atom. The first kappa shape index (κ1) is 25.7. The predicted molar refractivity (Wildman–Crippen MR) is 149 cm³/mol. The Balaban J connectivity index is 1.49. The Kier molecular flexibility index (Phi) is 7.53. The number of piperidine rings is 1. The van der Waals surface area contributed by atoms with Crippen molar-refractivity contribution in [3.05, 3.63) is 76.0 Å². The molecule has 3 aromatic carbocycles. The molecule has 192 valence electrons. The molecular weight excluding hydrogens is 531 g/mol. The molecule has 37 heavy (non-hydrogen) atoms. The molecule has 1 atom stereocenters. The van der Waals surface area contributed by atoms with Gasteiger partial charge in [0, 0.05) is 16.7 Å². The van der Waals surface area contributed by atoms with Crippen LogP contribution in [-0.2, 0) is 0 Å². The average molecular weight is 558 g/mol. The summed E-state index contributed by atoms with van der Waals surface area (Å²) < 4.78 is 14.3. The number of rotatable bonds is 7. The summed E-state index contributed by atoms with van der Waals surface area (Å²) >= 11 is 17.6. The summed E-state index contributed by atoms with van der Waals surface area (Å²) in [7, 11) is 0. The number of primary amides is 1. The number of halogens is 2. The standard InChI is InChI=1S/C27H26Cl2N4O3S/c1-15(19-3-2-4-23(25(19)29)36-18-7-9-31-10-8-18)35-24-13-17(12-20(26(24)37)27(30)34)33-14-32-21-6-5-16(28)11-22(21)33/h2-6,11-15,18,31,37H,7-10H2,1H3,(H2,30,34)/t15-/m1/s1. The highest BCUT2D eigenvalue weighted by molar-refractivity contribution is 7.80. The van der Waals surface area contributed by atoms with Crippen molar-refractivity contribution in [2.24, 2.45) is 5.73 Å². The Morgan fingerprint density at radius 3 is 2.70 bits per heavy atom. The van der Waals surface area contributed by atoms with Crippen LogP contribution in [0.1, 0.15) is 41.8 Å². The molecule has 7 nitrogen and oxygen atoms in total. The molecule has 4 aromatic rings. The Morgan fingerprint density at radius 2 is 1.95 bits per heavy atom. The molecule has 1 saturated heterocycles. The van der Waals surface area contributed by atoms with Crippen LogP contribution in [0.5, 0.6) is 11.5 Å². The molecule has 0 saturated carbocycles. The minimum Gasteiger partial charge on any atom is -0.489 e. The zero-order chi connectivity index (χ0) is 26.1. The topological polar surface area (TPSA) is 91.4 Å². The zero-order valence-corrected chi connectivity index (χ0v) is 22.5. The van der Waals surface area contributed by atoms with Crippen LogP contribution in [0.2, 0.25) is 10.0 Å². The number of amides is 1. The van der Waals surface area contributed by atoms with Crippen LogP contribution < -0.4 is 20.5 Å². The maximum absolute atomic E-state index is 12.3. The summed E-state index contributed by atoms with van der Waals surface area (Å²) in [5.74, 6) is 0.384. The Labute approximate surface area is 230 Å². The molecule has 0 aliphatic carbocycles. The van der Waals surface area contributed by atoms with E-state index in [-0.39, 0.29) is 11.7 Å². The second-order valence-electron chi connectivity index (χ2n) is 8.94. The maximum atomic E-state index is 12.3. The van der Waals surface area contributed by atoms with Gasteiger partial charge in [0.1, 0.15) is 30.0 Å². The molecule has 1 amide bonds. The summed E-state index contributed by atoms with van der Waals surface area (Å²) in [5.41, 5.74) is 8.83. The van der Waals surface area contributed by atoms with Crippen molar-refractivity contribution in [2.45, 2.75) is 36.9 Å². The van der Waals surface area contributed by atoms with Crippen LogP contribution in [-0.4, -0.2) is 34.7 Å². The summed E-state index contributed by atoms with van der Waals surface area (Å²) in [4.78, 5) is 17.1. The SMILES string of the molecule is C[C@@H](Oc1cc(-n2cnc3ccc(Cl)cc32)cc(C(N)=O)c1S)c1cccc(OC2CCNCC2)c1Cl. The Hall–Kier alpha value is -2.91. The largest absolute Gasteiger partial charge is 0.489 e. The van der Waals surface area contributed by atoms with E-state index in [1.807, 2.05) is 35.8 Å². The number of nitrogens with zero attached hydrogens (tertiary/aromatic N) is 2. The third-order valence-corrected chi connectivity index (χ3v) is 7.53. The van der Waals surface area contributed by atoms with Crippen LogP contribution >= 0.6 is 35.8 Å². The summed E-state index contributed by atoms with van der Waals surface area (Å²) in [6, 6.07) is 14.5. The van der Waals surface area contributed by atoms with Gasteiger partial charge >= 0.3 is 0 Å². The number of carbonyl (C=O) groups is 1. The van der Waals surface area contributed by atoms with Crippen molar-refractivity contribution >= 4 is 52.8 Å². The number of nitrogens with two attached hydrogens (primary N) is 1. The van der Waals surface area contributed by atoms with Crippen LogP contribution in [0.3, 0.4) is 0 Å². The molecule has 0 radical (unpaired) electrons. The van der Waals surface area contributed by atoms with E-state index >= 15 is 0 Å². The fourth-order valence-corrected chi connectivity index (χ4v) is 5.26. The second-order valence-corrected chi connectivity index (χ2v) is 10.2. The van der Waals surface area contributed by atoms with Crippen molar-refractivity contribution in [1.29, 1.82) is 0 Å². The smallest absolute Gasteiger partial charge is 0.250 e. The van der Waals surface area contributed by atoms with Crippen molar-refractivity contribution in [1.82, 2.24) is 14.9 Å². The molecule has 10 heteroatoms. The van der Waals surface area contributed by atoms with Gasteiger partial charge in [-0.25, -0.2) is 4.98 Å². The molecule has 1 aromatic heterocycles. The van der Waals surface area contributed by atoms with Crippen molar-refractivity contribution in [3.8, 4) is 17.2 Å². The van der Waals surface area contributed by atoms with Crippen LogP contribution in [0, 0.1) is 0 Å². The fraction of sp³-hybridized carbons (Fsp3) is 0.259. The number of aromatic nitrogens is 2. The van der Waals surface area contributed by atoms with Gasteiger partial charge in [-0.05, 0) is 63.2 Å². The highest BCUT2D eigenvalue weighted by Gasteiger charge is 2.22. The van der Waals surface area contributed by atoms with E-state index in [1.165, 1.54) is 0 Å². The van der Waals surface area contributed by atoms with E-state index in [9.17, 15) is 4.79 Å². The number of hydrogen-bond acceptors (Lipinski definition) is 6. The molecule has 1 fully saturated rings. The second kappa shape index (κ2) is 10.8. The van der Waals surface area contributed by atoms with Crippen molar-refractivity contribution < 1.29 is 14.3 Å². The molecule has 5 rings (SSSR count). The van der Waals surface area contributed by atoms with E-state index in [4.69, 9.17) is 38.4 Å². The van der Waals surface area contributed by atoms with Gasteiger partial charge in [-0.2, -0.15) is 0 Å². The monoisotopic (exact) mass is 556 g/mol. The number of nitrogens with one attached hydrogen (secondary N) is 1. The fourth-order valence-electron chi connectivity index (χ4n) is 4.48. The number of fused-ring (bicyclic) bond motifs is 1. The summed E-state index contributed by atoms with van der Waals surface area (Å²) in [6.07, 6.45) is 3.15. The van der Waals surface area contributed by atoms with E-state index in [0.29, 0.717) is 32.1 Å². The maximum Gasteiger partial charge on any atom is 0.250 e. The van der Waals surface area contributed by atoms with E-state index in [0.717, 1.165) is 42.5 Å². The van der Waals surface area contributed by atoms with Crippen LogP contribution in [0.4, 0.5) is 0 Å². The number of benzene rings is 3. The molecule has 0 bridgehead atoms. The summed E-state index contributed by atoms with van der Waals surface area (Å²) in [5, 5.41) is 4.40. The van der Waals surface area contributed by atoms with Gasteiger partial charge < -0.3 is 20.5 Å². The normalized spacial score (nSPS) is 15.0. The summed E-state index contributed by atoms with van der Waals surface area (Å²) in [6.45, 7) is 3.72. The lowest BCUT2D eigenvalue weighted by Gasteiger charge is -2.25. The molecule has 2 heterocycles. The lowest BCUT2D eigenvalue weighted by atomic mass is 10.1. The first-order valence-corrected chi connectivity index (χ1v) is 13.1. The first-order valence-electron chi connectivity index (χ1n) is 11.9. The predicted octanol–water partition coefficient (Wildman–Crippen LogP) is 5.99. The molecule has 0 spiro atoms. The highest BCUT2D eigenvalue weighted by Crippen LogP contribution is 2.38. The van der Waals surface area contributed by atoms with E-state index in [1.54, 1.807) is 30.6 Å². The number of hydrogen-bond donors (Lipinski definition) is 3. The van der Waals surface area contributed by atoms with Gasteiger partial charge in [-0.3, -0.25) is 9.36 Å². The van der Waals surface area contributed by atoms with E-state index < -0.39 is 12.0 Å². The molecule has 3 N–H and O–H groups in total. The molecule has 1 aliphatic rings. The third-order valence-electron chi connectivity index (χ3n) is 6.43. The number of thiol groups is 1. The quantitative estimate of drug-likeness (QED) is 0.243. The minimum atomic E-state index is -0.623. The number of imidazole rings is 1. The van der Waals surface area contributed by atoms with Crippen molar-refractivity contribution in [2.75, 3.05) is 13.1 Å². The minimum absolute atomic E-state index is 0.114. The number of ether oxygens (including phenoxy) is 2. The highest BCUT2D eigenvalue weighted by atomic mass is 35.5.